The molecule has 7 rings (SSSR count). The Balaban J connectivity index is 1.26. The monoisotopic (exact) mass is 614 g/mol. The van der Waals surface area contributed by atoms with Crippen molar-refractivity contribution < 1.29 is 23.5 Å². The first kappa shape index (κ1) is 28.2. The van der Waals surface area contributed by atoms with Crippen LogP contribution in [0.3, 0.4) is 0 Å². The Hall–Kier alpha value is -4.58. The molecular weight excluding hydrogens is 586 g/mol. The second kappa shape index (κ2) is 11.2. The minimum absolute atomic E-state index is 0.0933. The van der Waals surface area contributed by atoms with Crippen molar-refractivity contribution in [2.45, 2.75) is 25.6 Å². The summed E-state index contributed by atoms with van der Waals surface area (Å²) in [6.45, 7) is 2.64. The third-order valence-corrected chi connectivity index (χ3v) is 9.43. The van der Waals surface area contributed by atoms with Crippen molar-refractivity contribution in [3.8, 4) is 11.3 Å². The van der Waals surface area contributed by atoms with Gasteiger partial charge < -0.3 is 14.9 Å². The summed E-state index contributed by atoms with van der Waals surface area (Å²) >= 11 is 1.47. The van der Waals surface area contributed by atoms with Gasteiger partial charge in [-0.05, 0) is 48.7 Å². The molecular formula is C32H28F2N6O3S. The van der Waals surface area contributed by atoms with Gasteiger partial charge in [0.15, 0.2) is 5.65 Å². The second-order valence-electron chi connectivity index (χ2n) is 11.1. The molecule has 12 heteroatoms. The molecule has 224 valence electrons. The van der Waals surface area contributed by atoms with E-state index in [9.17, 15) is 14.7 Å². The smallest absolute Gasteiger partial charge is 0.308 e. The van der Waals surface area contributed by atoms with E-state index >= 15 is 8.78 Å². The molecule has 1 saturated heterocycles. The van der Waals surface area contributed by atoms with Gasteiger partial charge in [0.2, 0.25) is 0 Å². The van der Waals surface area contributed by atoms with Crippen LogP contribution in [0.25, 0.3) is 16.9 Å². The van der Waals surface area contributed by atoms with E-state index in [1.165, 1.54) is 22.7 Å². The van der Waals surface area contributed by atoms with Crippen molar-refractivity contribution in [2.24, 2.45) is 10.9 Å². The van der Waals surface area contributed by atoms with Gasteiger partial charge in [-0.15, -0.1) is 11.8 Å². The molecule has 1 fully saturated rings. The van der Waals surface area contributed by atoms with Crippen LogP contribution in [0.5, 0.6) is 0 Å². The number of aliphatic imine (C=N–C) groups is 1. The van der Waals surface area contributed by atoms with Crippen molar-refractivity contribution in [2.75, 3.05) is 30.3 Å². The van der Waals surface area contributed by atoms with Crippen LogP contribution < -0.4 is 4.90 Å². The van der Waals surface area contributed by atoms with Crippen molar-refractivity contribution in [3.05, 3.63) is 95.2 Å². The van der Waals surface area contributed by atoms with E-state index in [1.807, 2.05) is 30.0 Å². The number of carbonyl (C=O) groups is 2. The number of hydrogen-bond acceptors (Lipinski definition) is 7. The Labute approximate surface area is 255 Å². The summed E-state index contributed by atoms with van der Waals surface area (Å²) in [5.41, 5.74) is 3.48. The van der Waals surface area contributed by atoms with E-state index in [-0.39, 0.29) is 23.8 Å². The average Bonchev–Trinajstić information content (AvgIpc) is 3.71. The first-order valence-corrected chi connectivity index (χ1v) is 15.4. The van der Waals surface area contributed by atoms with Crippen LogP contribution in [0.15, 0.2) is 71.9 Å². The maximum absolute atomic E-state index is 15.5. The van der Waals surface area contributed by atoms with E-state index in [0.717, 1.165) is 5.56 Å². The molecule has 0 bridgehead atoms. The minimum atomic E-state index is -1.32. The number of carbonyl (C=O) groups excluding carboxylic acids is 1. The summed E-state index contributed by atoms with van der Waals surface area (Å²) in [5.74, 6) is -1.58. The predicted molar refractivity (Wildman–Crippen MR) is 164 cm³/mol. The van der Waals surface area contributed by atoms with Crippen molar-refractivity contribution in [1.82, 2.24) is 19.5 Å². The lowest BCUT2D eigenvalue weighted by Gasteiger charge is -2.36. The zero-order valence-electron chi connectivity index (χ0n) is 23.7. The molecule has 1 amide bonds. The summed E-state index contributed by atoms with van der Waals surface area (Å²) in [6, 6.07) is 14.9. The lowest BCUT2D eigenvalue weighted by atomic mass is 9.92. The fourth-order valence-electron chi connectivity index (χ4n) is 6.12. The number of carboxylic acids is 1. The van der Waals surface area contributed by atoms with Gasteiger partial charge in [-0.3, -0.25) is 9.59 Å². The highest BCUT2D eigenvalue weighted by atomic mass is 32.2. The van der Waals surface area contributed by atoms with E-state index in [4.69, 9.17) is 0 Å². The number of rotatable bonds is 5. The fourth-order valence-corrected chi connectivity index (χ4v) is 6.89. The van der Waals surface area contributed by atoms with Crippen LogP contribution in [-0.4, -0.2) is 66.9 Å². The third-order valence-electron chi connectivity index (χ3n) is 8.48. The Kier molecular flexibility index (Phi) is 7.16. The van der Waals surface area contributed by atoms with Crippen LogP contribution >= 0.6 is 11.8 Å². The van der Waals surface area contributed by atoms with Gasteiger partial charge >= 0.3 is 5.97 Å². The maximum Gasteiger partial charge on any atom is 0.308 e. The Bertz CT molecular complexity index is 1870. The largest absolute Gasteiger partial charge is 0.481 e. The number of alkyl halides is 1. The first-order chi connectivity index (χ1) is 21.3. The van der Waals surface area contributed by atoms with Crippen LogP contribution in [0.1, 0.15) is 52.9 Å². The molecule has 0 radical (unpaired) electrons. The van der Waals surface area contributed by atoms with Gasteiger partial charge in [0.05, 0.1) is 24.2 Å². The highest BCUT2D eigenvalue weighted by Crippen LogP contribution is 2.37. The number of halogens is 2. The van der Waals surface area contributed by atoms with Crippen LogP contribution in [0.4, 0.5) is 14.5 Å². The first-order valence-electron chi connectivity index (χ1n) is 14.4. The van der Waals surface area contributed by atoms with E-state index < -0.39 is 29.8 Å². The number of benzene rings is 2. The molecule has 5 heterocycles. The van der Waals surface area contributed by atoms with Gasteiger partial charge in [-0.1, -0.05) is 30.3 Å². The minimum Gasteiger partial charge on any atom is -0.481 e. The quantitative estimate of drug-likeness (QED) is 0.309. The van der Waals surface area contributed by atoms with Crippen LogP contribution in [-0.2, 0) is 4.79 Å². The van der Waals surface area contributed by atoms with Crippen LogP contribution in [0.2, 0.25) is 0 Å². The third kappa shape index (κ3) is 4.92. The molecule has 3 atom stereocenters. The number of hydrogen-bond donors (Lipinski definition) is 1. The molecule has 0 aliphatic carbocycles. The van der Waals surface area contributed by atoms with Crippen molar-refractivity contribution in [1.29, 1.82) is 0 Å². The zero-order chi connectivity index (χ0) is 30.5. The molecule has 0 unspecified atom stereocenters. The number of carboxylic acid groups (broad SMARTS) is 1. The van der Waals surface area contributed by atoms with Crippen molar-refractivity contribution in [3.63, 3.8) is 0 Å². The average molecular weight is 615 g/mol. The summed E-state index contributed by atoms with van der Waals surface area (Å²) < 4.78 is 32.3. The molecule has 3 aliphatic rings. The topological polar surface area (TPSA) is 103 Å². The molecule has 3 aliphatic heterocycles. The Morgan fingerprint density at radius 2 is 1.89 bits per heavy atom. The van der Waals surface area contributed by atoms with Gasteiger partial charge in [0.25, 0.3) is 5.91 Å². The van der Waals surface area contributed by atoms with E-state index in [0.29, 0.717) is 58.6 Å². The fraction of sp³-hybridized carbons (Fsp3) is 0.281. The molecule has 44 heavy (non-hydrogen) atoms. The standard InChI is InChI=1S/C32H28F2N6O3S/c1-18-21-5-2-3-6-22(21)25(34)17-39(18)31(41)27-14-28(30-35-10-4-12-44-30)40-29(36-27)15-26(37-40)23-8-7-20(13-24(23)33)38-11-9-19(16-38)32(42)43/h2-8,10,13-15,18-19,25H,9,11-12,16-17H2,1H3,(H,42,43)/t18-,19+,25+/m1/s1. The normalized spacial score (nSPS) is 21.4. The van der Waals surface area contributed by atoms with Crippen molar-refractivity contribution >= 4 is 40.0 Å². The number of fused-ring (bicyclic) bond motifs is 2. The summed E-state index contributed by atoms with van der Waals surface area (Å²) in [6.07, 6.45) is 2.79. The number of aromatic nitrogens is 3. The summed E-state index contributed by atoms with van der Waals surface area (Å²) in [5, 5.41) is 14.6. The molecule has 0 saturated carbocycles. The van der Waals surface area contributed by atoms with Gasteiger partial charge in [0, 0.05) is 42.4 Å². The predicted octanol–water partition coefficient (Wildman–Crippen LogP) is 5.68. The van der Waals surface area contributed by atoms with E-state index in [1.54, 1.807) is 47.1 Å². The number of anilines is 1. The summed E-state index contributed by atoms with van der Waals surface area (Å²) in [4.78, 5) is 37.8. The maximum atomic E-state index is 15.5. The SMILES string of the molecule is C[C@@H]1c2ccccc2[C@@H](F)CN1C(=O)c1cc(C2=NC=CCS2)n2nc(-c3ccc(N4CC[C@H](C(=O)O)C4)cc3F)cc2n1. The number of nitrogens with zero attached hydrogens (tertiary/aromatic N) is 6. The molecule has 1 N–H and O–H groups in total. The highest BCUT2D eigenvalue weighted by molar-refractivity contribution is 8.14. The molecule has 4 aromatic rings. The molecule has 2 aromatic carbocycles. The highest BCUT2D eigenvalue weighted by Gasteiger charge is 2.35. The van der Waals surface area contributed by atoms with Gasteiger partial charge in [-0.25, -0.2) is 23.3 Å². The second-order valence-corrected chi connectivity index (χ2v) is 12.1. The van der Waals surface area contributed by atoms with E-state index in [2.05, 4.69) is 15.1 Å². The zero-order valence-corrected chi connectivity index (χ0v) is 24.5. The van der Waals surface area contributed by atoms with Gasteiger partial charge in [-0.2, -0.15) is 5.10 Å². The number of aliphatic carboxylic acids is 1. The van der Waals surface area contributed by atoms with Crippen LogP contribution in [0, 0.1) is 11.7 Å². The molecule has 9 nitrogen and oxygen atoms in total. The Morgan fingerprint density at radius 1 is 1.07 bits per heavy atom. The number of thioether (sulfide) groups is 1. The summed E-state index contributed by atoms with van der Waals surface area (Å²) in [7, 11) is 0. The lowest BCUT2D eigenvalue weighted by Crippen LogP contribution is -2.40. The number of amides is 1. The Morgan fingerprint density at radius 3 is 2.61 bits per heavy atom. The van der Waals surface area contributed by atoms with Gasteiger partial charge in [0.1, 0.15) is 28.4 Å². The molecule has 2 aromatic heterocycles. The molecule has 0 spiro atoms. The lowest BCUT2D eigenvalue weighted by molar-refractivity contribution is -0.140.